The number of hydrogen-bond donors (Lipinski definition) is 1. The van der Waals surface area contributed by atoms with E-state index in [4.69, 9.17) is 0 Å². The molecule has 0 atom stereocenters. The Balaban J connectivity index is 1.55. The summed E-state index contributed by atoms with van der Waals surface area (Å²) in [5, 5.41) is 7.50. The number of pyridine rings is 1. The van der Waals surface area contributed by atoms with Crippen LogP contribution in [0.3, 0.4) is 0 Å². The van der Waals surface area contributed by atoms with Gasteiger partial charge in [0.25, 0.3) is 0 Å². The van der Waals surface area contributed by atoms with Crippen LogP contribution in [0.2, 0.25) is 0 Å². The van der Waals surface area contributed by atoms with Gasteiger partial charge in [-0.15, -0.1) is 0 Å². The van der Waals surface area contributed by atoms with E-state index in [2.05, 4.69) is 27.3 Å². The van der Waals surface area contributed by atoms with Crippen molar-refractivity contribution < 1.29 is 4.79 Å². The third-order valence-electron chi connectivity index (χ3n) is 4.55. The van der Waals surface area contributed by atoms with Crippen molar-refractivity contribution in [1.82, 2.24) is 25.0 Å². The fourth-order valence-corrected chi connectivity index (χ4v) is 3.10. The van der Waals surface area contributed by atoms with Crippen molar-refractivity contribution in [2.45, 2.75) is 13.3 Å². The van der Waals surface area contributed by atoms with E-state index in [1.807, 2.05) is 36.6 Å². The van der Waals surface area contributed by atoms with Crippen molar-refractivity contribution >= 4 is 17.6 Å². The minimum Gasteiger partial charge on any atom is -0.356 e. The van der Waals surface area contributed by atoms with Gasteiger partial charge >= 0.3 is 0 Å². The summed E-state index contributed by atoms with van der Waals surface area (Å²) in [5.74, 6) is 0.813. The SMILES string of the molecule is CN=C(NCCc1ccncc1C)N1CCN(c2cnn(C)c2)C(=O)C1. The third-order valence-corrected chi connectivity index (χ3v) is 4.55. The molecule has 1 N–H and O–H groups in total. The second-order valence-corrected chi connectivity index (χ2v) is 6.37. The second kappa shape index (κ2) is 7.99. The van der Waals surface area contributed by atoms with E-state index in [1.165, 1.54) is 11.1 Å². The minimum atomic E-state index is 0.0529. The Morgan fingerprint density at radius 3 is 2.85 bits per heavy atom. The predicted octanol–water partition coefficient (Wildman–Crippen LogP) is 0.590. The summed E-state index contributed by atoms with van der Waals surface area (Å²) >= 11 is 0. The molecule has 1 aliphatic heterocycles. The summed E-state index contributed by atoms with van der Waals surface area (Å²) in [6.45, 7) is 4.48. The molecule has 0 aromatic carbocycles. The summed E-state index contributed by atoms with van der Waals surface area (Å²) in [4.78, 5) is 24.8. The molecule has 2 aromatic rings. The number of piperazine rings is 1. The van der Waals surface area contributed by atoms with E-state index in [1.54, 1.807) is 22.8 Å². The van der Waals surface area contributed by atoms with Gasteiger partial charge in [0, 0.05) is 52.3 Å². The topological polar surface area (TPSA) is 78.7 Å². The fourth-order valence-electron chi connectivity index (χ4n) is 3.10. The molecule has 8 heteroatoms. The smallest absolute Gasteiger partial charge is 0.246 e. The summed E-state index contributed by atoms with van der Waals surface area (Å²) in [6.07, 6.45) is 8.15. The first-order valence-electron chi connectivity index (χ1n) is 8.72. The van der Waals surface area contributed by atoms with Gasteiger partial charge in [0.1, 0.15) is 6.54 Å². The number of guanidine groups is 1. The zero-order chi connectivity index (χ0) is 18.5. The van der Waals surface area contributed by atoms with Crippen molar-refractivity contribution in [1.29, 1.82) is 0 Å². The number of nitrogens with one attached hydrogen (secondary N) is 1. The zero-order valence-electron chi connectivity index (χ0n) is 15.5. The molecular weight excluding hydrogens is 330 g/mol. The number of nitrogens with zero attached hydrogens (tertiary/aromatic N) is 6. The number of aliphatic imine (C=N–C) groups is 1. The lowest BCUT2D eigenvalue weighted by atomic mass is 10.1. The molecule has 3 rings (SSSR count). The molecule has 1 saturated heterocycles. The predicted molar refractivity (Wildman–Crippen MR) is 101 cm³/mol. The lowest BCUT2D eigenvalue weighted by Gasteiger charge is -2.35. The van der Waals surface area contributed by atoms with E-state index in [9.17, 15) is 4.79 Å². The van der Waals surface area contributed by atoms with Crippen LogP contribution >= 0.6 is 0 Å². The van der Waals surface area contributed by atoms with Crippen LogP contribution in [0.25, 0.3) is 0 Å². The van der Waals surface area contributed by atoms with Crippen LogP contribution in [0.1, 0.15) is 11.1 Å². The fraction of sp³-hybridized carbons (Fsp3) is 0.444. The third kappa shape index (κ3) is 4.01. The van der Waals surface area contributed by atoms with E-state index in [0.717, 1.165) is 31.2 Å². The number of anilines is 1. The minimum absolute atomic E-state index is 0.0529. The molecule has 8 nitrogen and oxygen atoms in total. The standard InChI is InChI=1S/C18H25N7O/c1-14-10-20-6-4-15(14)5-7-21-18(19-2)24-8-9-25(17(26)13-24)16-11-22-23(3)12-16/h4,6,10-12H,5,7-9,13H2,1-3H3,(H,19,21). The number of aromatic nitrogens is 3. The quantitative estimate of drug-likeness (QED) is 0.642. The van der Waals surface area contributed by atoms with E-state index >= 15 is 0 Å². The van der Waals surface area contributed by atoms with Gasteiger partial charge in [-0.05, 0) is 30.5 Å². The Kier molecular flexibility index (Phi) is 5.50. The van der Waals surface area contributed by atoms with E-state index < -0.39 is 0 Å². The average molecular weight is 355 g/mol. The Hall–Kier alpha value is -2.90. The summed E-state index contributed by atoms with van der Waals surface area (Å²) < 4.78 is 1.70. The average Bonchev–Trinajstić information content (AvgIpc) is 3.06. The first-order valence-corrected chi connectivity index (χ1v) is 8.72. The van der Waals surface area contributed by atoms with Gasteiger partial charge in [-0.3, -0.25) is 19.5 Å². The van der Waals surface area contributed by atoms with Crippen LogP contribution in [0.4, 0.5) is 5.69 Å². The van der Waals surface area contributed by atoms with Crippen LogP contribution in [0, 0.1) is 6.92 Å². The van der Waals surface area contributed by atoms with Crippen molar-refractivity contribution in [2.24, 2.45) is 12.0 Å². The summed E-state index contributed by atoms with van der Waals surface area (Å²) in [5.41, 5.74) is 3.29. The first kappa shape index (κ1) is 17.9. The monoisotopic (exact) mass is 355 g/mol. The highest BCUT2D eigenvalue weighted by atomic mass is 16.2. The highest BCUT2D eigenvalue weighted by molar-refractivity contribution is 5.98. The highest BCUT2D eigenvalue weighted by Gasteiger charge is 2.27. The second-order valence-electron chi connectivity index (χ2n) is 6.37. The Labute approximate surface area is 153 Å². The lowest BCUT2D eigenvalue weighted by molar-refractivity contribution is -0.120. The van der Waals surface area contributed by atoms with Crippen LogP contribution in [0.5, 0.6) is 0 Å². The normalized spacial score (nSPS) is 15.5. The Morgan fingerprint density at radius 1 is 1.35 bits per heavy atom. The lowest BCUT2D eigenvalue weighted by Crippen LogP contribution is -2.55. The molecule has 0 spiro atoms. The molecule has 0 radical (unpaired) electrons. The number of rotatable bonds is 4. The molecule has 3 heterocycles. The zero-order valence-corrected chi connectivity index (χ0v) is 15.5. The molecule has 138 valence electrons. The molecule has 0 saturated carbocycles. The molecule has 1 amide bonds. The van der Waals surface area contributed by atoms with Gasteiger partial charge in [0.2, 0.25) is 5.91 Å². The number of aryl methyl sites for hydroxylation is 2. The first-order chi connectivity index (χ1) is 12.6. The van der Waals surface area contributed by atoms with Crippen molar-refractivity contribution in [3.63, 3.8) is 0 Å². The van der Waals surface area contributed by atoms with Crippen molar-refractivity contribution in [2.75, 3.05) is 38.1 Å². The van der Waals surface area contributed by atoms with Gasteiger partial charge in [-0.25, -0.2) is 0 Å². The largest absolute Gasteiger partial charge is 0.356 e. The van der Waals surface area contributed by atoms with Crippen LogP contribution in [0.15, 0.2) is 35.8 Å². The maximum atomic E-state index is 12.5. The number of hydrogen-bond acceptors (Lipinski definition) is 4. The molecular formula is C18H25N7O. The molecule has 1 fully saturated rings. The van der Waals surface area contributed by atoms with Gasteiger partial charge in [-0.2, -0.15) is 5.10 Å². The number of carbonyl (C=O) groups excluding carboxylic acids is 1. The number of carbonyl (C=O) groups is 1. The summed E-state index contributed by atoms with van der Waals surface area (Å²) in [7, 11) is 3.60. The molecule has 0 unspecified atom stereocenters. The van der Waals surface area contributed by atoms with Crippen LogP contribution in [-0.2, 0) is 18.3 Å². The maximum Gasteiger partial charge on any atom is 0.246 e. The Morgan fingerprint density at radius 2 is 2.19 bits per heavy atom. The maximum absolute atomic E-state index is 12.5. The molecule has 26 heavy (non-hydrogen) atoms. The van der Waals surface area contributed by atoms with Gasteiger partial charge < -0.3 is 15.1 Å². The van der Waals surface area contributed by atoms with Gasteiger partial charge in [-0.1, -0.05) is 0 Å². The van der Waals surface area contributed by atoms with E-state index in [-0.39, 0.29) is 5.91 Å². The van der Waals surface area contributed by atoms with Crippen molar-refractivity contribution in [3.05, 3.63) is 42.0 Å². The molecule has 0 aliphatic carbocycles. The Bertz CT molecular complexity index is 798. The summed E-state index contributed by atoms with van der Waals surface area (Å²) in [6, 6.07) is 2.04. The molecule has 2 aromatic heterocycles. The van der Waals surface area contributed by atoms with Gasteiger partial charge in [0.15, 0.2) is 5.96 Å². The molecule has 0 bridgehead atoms. The van der Waals surface area contributed by atoms with Gasteiger partial charge in [0.05, 0.1) is 11.9 Å². The van der Waals surface area contributed by atoms with Crippen LogP contribution < -0.4 is 10.2 Å². The molecule has 1 aliphatic rings. The van der Waals surface area contributed by atoms with E-state index in [0.29, 0.717) is 13.1 Å². The number of amides is 1. The van der Waals surface area contributed by atoms with Crippen LogP contribution in [-0.4, -0.2) is 64.8 Å². The van der Waals surface area contributed by atoms with Crippen molar-refractivity contribution in [3.8, 4) is 0 Å². The highest BCUT2D eigenvalue weighted by Crippen LogP contribution is 2.16.